The van der Waals surface area contributed by atoms with E-state index in [1.165, 1.54) is 6.92 Å². The highest BCUT2D eigenvalue weighted by Crippen LogP contribution is 2.60. The fraction of sp³-hybridized carbons (Fsp3) is 0.708. The number of carbonyl (C=O) groups is 1. The second kappa shape index (κ2) is 7.87. The quantitative estimate of drug-likeness (QED) is 0.673. The average Bonchev–Trinajstić information content (AvgIpc) is 2.98. The molecule has 176 valence electrons. The first-order chi connectivity index (χ1) is 15.2. The first-order valence-electron chi connectivity index (χ1n) is 11.6. The summed E-state index contributed by atoms with van der Waals surface area (Å²) in [5.41, 5.74) is -0.630. The number of hydrogen-bond donors (Lipinski definition) is 1. The molecule has 1 aliphatic carbocycles. The Balaban J connectivity index is 1.40. The normalized spacial score (nSPS) is 43.6. The second-order valence-corrected chi connectivity index (χ2v) is 9.96. The number of carboxylic acid groups (broad SMARTS) is 1. The van der Waals surface area contributed by atoms with E-state index in [-0.39, 0.29) is 11.8 Å². The minimum atomic E-state index is -1.02. The minimum Gasteiger partial charge on any atom is -0.479 e. The van der Waals surface area contributed by atoms with E-state index in [9.17, 15) is 4.79 Å². The summed E-state index contributed by atoms with van der Waals surface area (Å²) in [7, 11) is 0. The molecule has 4 heterocycles. The van der Waals surface area contributed by atoms with Gasteiger partial charge in [-0.1, -0.05) is 19.9 Å². The molecule has 6 rings (SSSR count). The van der Waals surface area contributed by atoms with Gasteiger partial charge in [-0.05, 0) is 57.1 Å². The van der Waals surface area contributed by atoms with E-state index in [0.29, 0.717) is 23.3 Å². The van der Waals surface area contributed by atoms with Crippen molar-refractivity contribution in [3.05, 3.63) is 24.3 Å². The predicted molar refractivity (Wildman–Crippen MR) is 112 cm³/mol. The van der Waals surface area contributed by atoms with E-state index in [1.807, 2.05) is 13.0 Å². The van der Waals surface area contributed by atoms with Crippen molar-refractivity contribution in [3.8, 4) is 11.5 Å². The summed E-state index contributed by atoms with van der Waals surface area (Å²) in [6, 6.07) is 6.98. The first-order valence-corrected chi connectivity index (χ1v) is 11.6. The van der Waals surface area contributed by atoms with Gasteiger partial charge in [-0.2, -0.15) is 0 Å². The number of ether oxygens (including phenoxy) is 4. The van der Waals surface area contributed by atoms with E-state index >= 15 is 0 Å². The highest BCUT2D eigenvalue weighted by molar-refractivity contribution is 5.72. The molecule has 1 N–H and O–H groups in total. The Morgan fingerprint density at radius 1 is 1.16 bits per heavy atom. The van der Waals surface area contributed by atoms with Crippen LogP contribution in [0.25, 0.3) is 0 Å². The van der Waals surface area contributed by atoms with E-state index in [1.54, 1.807) is 18.2 Å². The Bertz CT molecular complexity index is 875. The van der Waals surface area contributed by atoms with E-state index in [4.69, 9.17) is 33.8 Å². The van der Waals surface area contributed by atoms with Crippen LogP contribution < -0.4 is 9.47 Å². The standard InChI is InChI=1S/C24H32O8/c1-13-8-9-19-14(2)21(28-17-7-5-6-16(12-17)27-15(3)20(25)26)29-22-24(19)18(13)10-11-23(4,30-22)31-32-24/h5-7,12-15,18-19,21-22H,8-11H2,1-4H3,(H,25,26)/t13-,14-,15?,18?,19+,21-,22?,23+,24-/m1/s1. The lowest BCUT2D eigenvalue weighted by Crippen LogP contribution is -2.70. The van der Waals surface area contributed by atoms with Gasteiger partial charge in [0.1, 0.15) is 11.5 Å². The van der Waals surface area contributed by atoms with Gasteiger partial charge >= 0.3 is 5.97 Å². The molecular weight excluding hydrogens is 416 g/mol. The lowest BCUT2D eigenvalue weighted by Gasteiger charge is -2.60. The molecule has 4 saturated heterocycles. The fourth-order valence-corrected chi connectivity index (χ4v) is 6.02. The lowest BCUT2D eigenvalue weighted by molar-refractivity contribution is -0.575. The van der Waals surface area contributed by atoms with Gasteiger partial charge in [0.15, 0.2) is 18.0 Å². The molecule has 0 amide bonds. The zero-order chi connectivity index (χ0) is 22.7. The molecule has 1 aromatic rings. The van der Waals surface area contributed by atoms with Crippen molar-refractivity contribution < 1.29 is 38.6 Å². The van der Waals surface area contributed by atoms with Crippen LogP contribution in [0.4, 0.5) is 0 Å². The summed E-state index contributed by atoms with van der Waals surface area (Å²) in [6.45, 7) is 7.80. The van der Waals surface area contributed by atoms with Gasteiger partial charge in [0.25, 0.3) is 0 Å². The molecule has 32 heavy (non-hydrogen) atoms. The van der Waals surface area contributed by atoms with Crippen molar-refractivity contribution in [1.29, 1.82) is 0 Å². The van der Waals surface area contributed by atoms with Crippen LogP contribution in [0.3, 0.4) is 0 Å². The van der Waals surface area contributed by atoms with Crippen LogP contribution in [-0.4, -0.2) is 41.1 Å². The number of fused-ring (bicyclic) bond motifs is 2. The van der Waals surface area contributed by atoms with E-state index in [2.05, 4.69) is 13.8 Å². The van der Waals surface area contributed by atoms with Crippen LogP contribution in [0.1, 0.15) is 53.4 Å². The summed E-state index contributed by atoms with van der Waals surface area (Å²) in [5, 5.41) is 9.10. The second-order valence-electron chi connectivity index (χ2n) is 9.96. The maximum atomic E-state index is 11.1. The molecule has 5 fully saturated rings. The molecule has 5 aliphatic rings. The maximum Gasteiger partial charge on any atom is 0.344 e. The van der Waals surface area contributed by atoms with Crippen molar-refractivity contribution in [1.82, 2.24) is 0 Å². The highest BCUT2D eigenvalue weighted by atomic mass is 17.3. The van der Waals surface area contributed by atoms with Crippen LogP contribution in [0.2, 0.25) is 0 Å². The van der Waals surface area contributed by atoms with Gasteiger partial charge in [0.05, 0.1) is 0 Å². The number of aliphatic carboxylic acids is 1. The van der Waals surface area contributed by atoms with E-state index < -0.39 is 36.0 Å². The minimum absolute atomic E-state index is 0.0402. The molecular formula is C24H32O8. The van der Waals surface area contributed by atoms with Crippen LogP contribution in [0.5, 0.6) is 11.5 Å². The van der Waals surface area contributed by atoms with Gasteiger partial charge in [-0.25, -0.2) is 14.6 Å². The lowest BCUT2D eigenvalue weighted by atomic mass is 9.58. The Labute approximate surface area is 188 Å². The maximum absolute atomic E-state index is 11.1. The smallest absolute Gasteiger partial charge is 0.344 e. The predicted octanol–water partition coefficient (Wildman–Crippen LogP) is 4.13. The molecule has 4 aliphatic heterocycles. The molecule has 1 spiro atoms. The van der Waals surface area contributed by atoms with Crippen molar-refractivity contribution in [2.75, 3.05) is 0 Å². The Hall–Kier alpha value is -1.87. The monoisotopic (exact) mass is 448 g/mol. The fourth-order valence-electron chi connectivity index (χ4n) is 6.02. The van der Waals surface area contributed by atoms with Gasteiger partial charge < -0.3 is 24.1 Å². The zero-order valence-electron chi connectivity index (χ0n) is 19.0. The molecule has 8 heteroatoms. The summed E-state index contributed by atoms with van der Waals surface area (Å²) in [6.07, 6.45) is 1.78. The average molecular weight is 449 g/mol. The van der Waals surface area contributed by atoms with Crippen LogP contribution in [0, 0.1) is 23.7 Å². The largest absolute Gasteiger partial charge is 0.479 e. The van der Waals surface area contributed by atoms with E-state index in [0.717, 1.165) is 25.7 Å². The topological polar surface area (TPSA) is 92.7 Å². The van der Waals surface area contributed by atoms with Crippen LogP contribution >= 0.6 is 0 Å². The molecule has 1 saturated carbocycles. The molecule has 0 radical (unpaired) electrons. The van der Waals surface area contributed by atoms with Gasteiger partial charge in [0.2, 0.25) is 12.1 Å². The molecule has 0 aromatic heterocycles. The third kappa shape index (κ3) is 3.48. The van der Waals surface area contributed by atoms with Gasteiger partial charge in [-0.15, -0.1) is 0 Å². The summed E-state index contributed by atoms with van der Waals surface area (Å²) in [4.78, 5) is 23.1. The molecule has 1 aromatic carbocycles. The number of benzene rings is 1. The number of rotatable bonds is 5. The van der Waals surface area contributed by atoms with Gasteiger partial charge in [0, 0.05) is 24.3 Å². The molecule has 9 atom stereocenters. The Kier molecular flexibility index (Phi) is 5.40. The molecule has 2 bridgehead atoms. The summed E-state index contributed by atoms with van der Waals surface area (Å²) >= 11 is 0. The van der Waals surface area contributed by atoms with Gasteiger partial charge in [-0.3, -0.25) is 0 Å². The summed E-state index contributed by atoms with van der Waals surface area (Å²) in [5.74, 6) is 0.133. The van der Waals surface area contributed by atoms with Crippen LogP contribution in [-0.2, 0) is 24.0 Å². The molecule has 8 nitrogen and oxygen atoms in total. The number of hydrogen-bond acceptors (Lipinski definition) is 7. The summed E-state index contributed by atoms with van der Waals surface area (Å²) < 4.78 is 24.5. The van der Waals surface area contributed by atoms with Crippen molar-refractivity contribution in [2.24, 2.45) is 23.7 Å². The van der Waals surface area contributed by atoms with Crippen molar-refractivity contribution >= 4 is 5.97 Å². The Morgan fingerprint density at radius 2 is 1.94 bits per heavy atom. The first kappa shape index (κ1) is 21.9. The van der Waals surface area contributed by atoms with Crippen LogP contribution in [0.15, 0.2) is 24.3 Å². The molecule has 3 unspecified atom stereocenters. The zero-order valence-corrected chi connectivity index (χ0v) is 19.0. The SMILES string of the molecule is CC(Oc1cccc(O[C@@H]2OC3O[C@]4(C)CCC5[C@H](C)CC[C@@H]([C@H]2C)[C@@]35OO4)c1)C(=O)O. The van der Waals surface area contributed by atoms with Crippen molar-refractivity contribution in [3.63, 3.8) is 0 Å². The number of carboxylic acids is 1. The Morgan fingerprint density at radius 3 is 2.72 bits per heavy atom. The van der Waals surface area contributed by atoms with Crippen molar-refractivity contribution in [2.45, 2.75) is 83.5 Å². The highest BCUT2D eigenvalue weighted by Gasteiger charge is 2.69. The third-order valence-electron chi connectivity index (χ3n) is 7.82. The third-order valence-corrected chi connectivity index (χ3v) is 7.82.